The van der Waals surface area contributed by atoms with Crippen LogP contribution in [0, 0.1) is 5.82 Å². The molecule has 6 nitrogen and oxygen atoms in total. The van der Waals surface area contributed by atoms with E-state index in [2.05, 4.69) is 15.6 Å². The Bertz CT molecular complexity index is 1190. The van der Waals surface area contributed by atoms with Crippen molar-refractivity contribution in [2.45, 2.75) is 6.42 Å². The summed E-state index contributed by atoms with van der Waals surface area (Å²) in [6.45, 7) is 0. The molecule has 2 aromatic carbocycles. The maximum Gasteiger partial charge on any atom is 0.274 e. The number of hydrogen-bond donors (Lipinski definition) is 2. The third-order valence-corrected chi connectivity index (χ3v) is 4.61. The summed E-state index contributed by atoms with van der Waals surface area (Å²) < 4.78 is 15.8. The fraction of sp³-hybridized carbons (Fsp3) is 0.0417. The van der Waals surface area contributed by atoms with Crippen LogP contribution >= 0.6 is 0 Å². The molecule has 0 saturated carbocycles. The molecular formula is C24H19FN4O2. The minimum atomic E-state index is -0.526. The molecule has 7 heteroatoms. The van der Waals surface area contributed by atoms with Gasteiger partial charge in [-0.05, 0) is 60.2 Å². The third-order valence-electron chi connectivity index (χ3n) is 4.61. The Labute approximate surface area is 178 Å². The van der Waals surface area contributed by atoms with Crippen molar-refractivity contribution in [1.29, 1.82) is 0 Å². The molecular weight excluding hydrogens is 395 g/mol. The van der Waals surface area contributed by atoms with Crippen LogP contribution in [0.1, 0.15) is 16.1 Å². The molecule has 0 saturated heterocycles. The number of carbonyl (C=O) groups is 2. The molecule has 0 aliphatic carbocycles. The van der Waals surface area contributed by atoms with Crippen molar-refractivity contribution < 1.29 is 14.0 Å². The van der Waals surface area contributed by atoms with E-state index in [0.717, 1.165) is 11.3 Å². The topological polar surface area (TPSA) is 76.0 Å². The molecule has 2 aromatic heterocycles. The Kier molecular flexibility index (Phi) is 5.84. The van der Waals surface area contributed by atoms with Gasteiger partial charge in [0.15, 0.2) is 0 Å². The van der Waals surface area contributed by atoms with Gasteiger partial charge in [-0.1, -0.05) is 18.2 Å². The molecule has 0 unspecified atom stereocenters. The summed E-state index contributed by atoms with van der Waals surface area (Å²) in [7, 11) is 0. The maximum absolute atomic E-state index is 13.8. The van der Waals surface area contributed by atoms with Crippen LogP contribution in [0.2, 0.25) is 0 Å². The first-order valence-electron chi connectivity index (χ1n) is 9.62. The molecule has 31 heavy (non-hydrogen) atoms. The van der Waals surface area contributed by atoms with Crippen LogP contribution in [-0.4, -0.2) is 21.4 Å². The zero-order valence-corrected chi connectivity index (χ0v) is 16.5. The summed E-state index contributed by atoms with van der Waals surface area (Å²) in [5.41, 5.74) is 2.47. The number of benzene rings is 2. The third kappa shape index (κ3) is 5.02. The number of amides is 2. The van der Waals surface area contributed by atoms with Crippen LogP contribution < -0.4 is 10.6 Å². The number of nitrogens with one attached hydrogen (secondary N) is 2. The van der Waals surface area contributed by atoms with Crippen LogP contribution in [0.5, 0.6) is 0 Å². The van der Waals surface area contributed by atoms with E-state index >= 15 is 0 Å². The summed E-state index contributed by atoms with van der Waals surface area (Å²) in [5, 5.41) is 5.34. The Morgan fingerprint density at radius 1 is 0.871 bits per heavy atom. The molecule has 0 spiro atoms. The SMILES string of the molecule is O=C(Cc1ccc(-n2cccc2)cc1)Nc1cc(F)ccc1NC(=O)c1ccccn1. The van der Waals surface area contributed by atoms with Crippen LogP contribution in [0.15, 0.2) is 91.4 Å². The molecule has 2 amide bonds. The lowest BCUT2D eigenvalue weighted by Crippen LogP contribution is -2.18. The van der Waals surface area contributed by atoms with E-state index in [4.69, 9.17) is 0 Å². The number of pyridine rings is 1. The van der Waals surface area contributed by atoms with Gasteiger partial charge in [0, 0.05) is 24.3 Å². The largest absolute Gasteiger partial charge is 0.324 e. The summed E-state index contributed by atoms with van der Waals surface area (Å²) in [6.07, 6.45) is 5.48. The van der Waals surface area contributed by atoms with Crippen LogP contribution in [-0.2, 0) is 11.2 Å². The van der Waals surface area contributed by atoms with Crippen LogP contribution in [0.3, 0.4) is 0 Å². The number of halogens is 1. The number of carbonyl (C=O) groups excluding carboxylic acids is 2. The molecule has 0 fully saturated rings. The second kappa shape index (κ2) is 9.04. The van der Waals surface area contributed by atoms with Crippen molar-refractivity contribution in [3.63, 3.8) is 0 Å². The second-order valence-corrected chi connectivity index (χ2v) is 6.84. The monoisotopic (exact) mass is 414 g/mol. The van der Waals surface area contributed by atoms with E-state index in [-0.39, 0.29) is 29.4 Å². The Morgan fingerprint density at radius 3 is 2.35 bits per heavy atom. The van der Waals surface area contributed by atoms with Gasteiger partial charge >= 0.3 is 0 Å². The normalized spacial score (nSPS) is 10.5. The molecule has 4 aromatic rings. The van der Waals surface area contributed by atoms with E-state index in [1.165, 1.54) is 24.4 Å². The van der Waals surface area contributed by atoms with Gasteiger partial charge in [0.2, 0.25) is 5.91 Å². The van der Waals surface area contributed by atoms with Gasteiger partial charge in [-0.15, -0.1) is 0 Å². The van der Waals surface area contributed by atoms with Gasteiger partial charge in [-0.3, -0.25) is 14.6 Å². The predicted octanol–water partition coefficient (Wildman–Crippen LogP) is 4.44. The molecule has 2 N–H and O–H groups in total. The molecule has 154 valence electrons. The lowest BCUT2D eigenvalue weighted by Gasteiger charge is -2.13. The van der Waals surface area contributed by atoms with Gasteiger partial charge in [-0.25, -0.2) is 4.39 Å². The summed E-state index contributed by atoms with van der Waals surface area (Å²) in [6, 6.07) is 20.2. The van der Waals surface area contributed by atoms with E-state index in [1.807, 2.05) is 53.4 Å². The van der Waals surface area contributed by atoms with Crippen molar-refractivity contribution in [2.24, 2.45) is 0 Å². The van der Waals surface area contributed by atoms with Gasteiger partial charge in [0.25, 0.3) is 5.91 Å². The van der Waals surface area contributed by atoms with Gasteiger partial charge in [0.05, 0.1) is 17.8 Å². The minimum Gasteiger partial charge on any atom is -0.324 e. The molecule has 4 rings (SSSR count). The summed E-state index contributed by atoms with van der Waals surface area (Å²) >= 11 is 0. The van der Waals surface area contributed by atoms with E-state index in [9.17, 15) is 14.0 Å². The highest BCUT2D eigenvalue weighted by Crippen LogP contribution is 2.24. The lowest BCUT2D eigenvalue weighted by molar-refractivity contribution is -0.115. The van der Waals surface area contributed by atoms with E-state index in [0.29, 0.717) is 0 Å². The maximum atomic E-state index is 13.8. The van der Waals surface area contributed by atoms with E-state index in [1.54, 1.807) is 18.2 Å². The van der Waals surface area contributed by atoms with Crippen molar-refractivity contribution in [1.82, 2.24) is 9.55 Å². The first-order chi connectivity index (χ1) is 15.1. The Morgan fingerprint density at radius 2 is 1.65 bits per heavy atom. The van der Waals surface area contributed by atoms with Crippen molar-refractivity contribution in [3.05, 3.63) is 108 Å². The first-order valence-corrected chi connectivity index (χ1v) is 9.62. The van der Waals surface area contributed by atoms with Gasteiger partial charge in [-0.2, -0.15) is 0 Å². The number of rotatable bonds is 6. The molecule has 0 aliphatic heterocycles. The molecule has 2 heterocycles. The average Bonchev–Trinajstić information content (AvgIpc) is 3.31. The molecule has 0 bridgehead atoms. The predicted molar refractivity (Wildman–Crippen MR) is 117 cm³/mol. The number of aromatic nitrogens is 2. The summed E-state index contributed by atoms with van der Waals surface area (Å²) in [5.74, 6) is -1.31. The molecule has 0 aliphatic rings. The summed E-state index contributed by atoms with van der Waals surface area (Å²) in [4.78, 5) is 28.9. The van der Waals surface area contributed by atoms with Gasteiger partial charge in [0.1, 0.15) is 11.5 Å². The zero-order valence-electron chi connectivity index (χ0n) is 16.5. The van der Waals surface area contributed by atoms with Crippen molar-refractivity contribution in [2.75, 3.05) is 10.6 Å². The fourth-order valence-corrected chi connectivity index (χ4v) is 3.08. The molecule has 0 atom stereocenters. The van der Waals surface area contributed by atoms with E-state index < -0.39 is 11.7 Å². The number of anilines is 2. The van der Waals surface area contributed by atoms with Crippen LogP contribution in [0.4, 0.5) is 15.8 Å². The van der Waals surface area contributed by atoms with Crippen molar-refractivity contribution in [3.8, 4) is 5.69 Å². The minimum absolute atomic E-state index is 0.107. The highest BCUT2D eigenvalue weighted by molar-refractivity contribution is 6.06. The zero-order chi connectivity index (χ0) is 21.6. The number of nitrogens with zero attached hydrogens (tertiary/aromatic N) is 2. The fourth-order valence-electron chi connectivity index (χ4n) is 3.08. The van der Waals surface area contributed by atoms with Crippen LogP contribution in [0.25, 0.3) is 5.69 Å². The van der Waals surface area contributed by atoms with Crippen molar-refractivity contribution >= 4 is 23.2 Å². The quantitative estimate of drug-likeness (QED) is 0.490. The second-order valence-electron chi connectivity index (χ2n) is 6.84. The highest BCUT2D eigenvalue weighted by atomic mass is 19.1. The highest BCUT2D eigenvalue weighted by Gasteiger charge is 2.13. The van der Waals surface area contributed by atoms with Gasteiger partial charge < -0.3 is 15.2 Å². The Hall–Kier alpha value is -4.26. The standard InChI is InChI=1S/C24H19FN4O2/c25-18-8-11-20(28-24(31)21-5-1-2-12-26-21)22(16-18)27-23(30)15-17-6-9-19(10-7-17)29-13-3-4-14-29/h1-14,16H,15H2,(H,27,30)(H,28,31). The Balaban J connectivity index is 1.45. The smallest absolute Gasteiger partial charge is 0.274 e. The lowest BCUT2D eigenvalue weighted by atomic mass is 10.1. The first kappa shape index (κ1) is 20.0. The average molecular weight is 414 g/mol. The number of hydrogen-bond acceptors (Lipinski definition) is 3. The molecule has 0 radical (unpaired) electrons.